The molecule has 1 amide bonds. The lowest BCUT2D eigenvalue weighted by molar-refractivity contribution is -0.116. The molecule has 118 valence electrons. The van der Waals surface area contributed by atoms with Gasteiger partial charge in [-0.05, 0) is 25.0 Å². The van der Waals surface area contributed by atoms with Gasteiger partial charge in [-0.1, -0.05) is 48.2 Å². The summed E-state index contributed by atoms with van der Waals surface area (Å²) in [6, 6.07) is 9.58. The maximum absolute atomic E-state index is 11.8. The van der Waals surface area contributed by atoms with Gasteiger partial charge in [0.05, 0.1) is 6.61 Å². The smallest absolute Gasteiger partial charge is 0.226 e. The molecule has 7 heteroatoms. The number of aromatic nitrogens is 2. The molecular formula is C15H19N3O2S2. The summed E-state index contributed by atoms with van der Waals surface area (Å²) >= 11 is 3.08. The Morgan fingerprint density at radius 2 is 2.14 bits per heavy atom. The molecule has 0 bridgehead atoms. The predicted molar refractivity (Wildman–Crippen MR) is 90.7 cm³/mol. The molecule has 0 atom stereocenters. The van der Waals surface area contributed by atoms with Gasteiger partial charge < -0.3 is 10.1 Å². The van der Waals surface area contributed by atoms with Crippen LogP contribution in [0.2, 0.25) is 0 Å². The van der Waals surface area contributed by atoms with E-state index in [-0.39, 0.29) is 5.91 Å². The van der Waals surface area contributed by atoms with E-state index >= 15 is 0 Å². The summed E-state index contributed by atoms with van der Waals surface area (Å²) in [5.41, 5.74) is 0. The van der Waals surface area contributed by atoms with E-state index in [1.54, 1.807) is 11.8 Å². The van der Waals surface area contributed by atoms with Crippen molar-refractivity contribution in [3.05, 3.63) is 30.3 Å². The number of para-hydroxylation sites is 1. The lowest BCUT2D eigenvalue weighted by Gasteiger charge is -2.05. The van der Waals surface area contributed by atoms with Crippen LogP contribution in [-0.4, -0.2) is 28.5 Å². The first-order chi connectivity index (χ1) is 10.8. The number of rotatable bonds is 9. The Kier molecular flexibility index (Phi) is 7.18. The summed E-state index contributed by atoms with van der Waals surface area (Å²) in [7, 11) is 0. The van der Waals surface area contributed by atoms with Gasteiger partial charge in [0, 0.05) is 12.2 Å². The third kappa shape index (κ3) is 6.03. The van der Waals surface area contributed by atoms with E-state index in [0.29, 0.717) is 24.6 Å². The van der Waals surface area contributed by atoms with Crippen LogP contribution in [0.3, 0.4) is 0 Å². The van der Waals surface area contributed by atoms with Crippen molar-refractivity contribution in [1.29, 1.82) is 0 Å². The summed E-state index contributed by atoms with van der Waals surface area (Å²) in [5.74, 6) is 1.78. The number of carbonyl (C=O) groups excluding carboxylic acids is 1. The molecule has 1 aromatic heterocycles. The third-order valence-electron chi connectivity index (χ3n) is 2.64. The molecule has 0 unspecified atom stereocenters. The molecule has 5 nitrogen and oxygen atoms in total. The minimum atomic E-state index is -0.0557. The van der Waals surface area contributed by atoms with Crippen LogP contribution < -0.4 is 10.1 Å². The summed E-state index contributed by atoms with van der Waals surface area (Å²) < 4.78 is 6.44. The highest BCUT2D eigenvalue weighted by Gasteiger charge is 2.08. The van der Waals surface area contributed by atoms with Gasteiger partial charge in [-0.2, -0.15) is 0 Å². The van der Waals surface area contributed by atoms with Gasteiger partial charge in [0.1, 0.15) is 5.75 Å². The van der Waals surface area contributed by atoms with Crippen molar-refractivity contribution in [3.8, 4) is 5.75 Å². The van der Waals surface area contributed by atoms with E-state index < -0.39 is 0 Å². The Labute approximate surface area is 138 Å². The standard InChI is InChI=1S/C15H19N3O2S2/c1-2-11-21-15-18-17-14(22-15)16-13(19)9-6-10-20-12-7-4-3-5-8-12/h3-5,7-8H,2,6,9-11H2,1H3,(H,16,17,19). The molecule has 22 heavy (non-hydrogen) atoms. The first kappa shape index (κ1) is 16.8. The predicted octanol–water partition coefficient (Wildman–Crippen LogP) is 3.84. The number of benzene rings is 1. The zero-order valence-electron chi connectivity index (χ0n) is 12.4. The van der Waals surface area contributed by atoms with Crippen LogP contribution in [-0.2, 0) is 4.79 Å². The van der Waals surface area contributed by atoms with Gasteiger partial charge in [-0.25, -0.2) is 0 Å². The van der Waals surface area contributed by atoms with Crippen LogP contribution in [0.15, 0.2) is 34.7 Å². The summed E-state index contributed by atoms with van der Waals surface area (Å²) in [6.07, 6.45) is 2.16. The van der Waals surface area contributed by atoms with Crippen LogP contribution >= 0.6 is 23.1 Å². The van der Waals surface area contributed by atoms with Crippen molar-refractivity contribution in [3.63, 3.8) is 0 Å². The molecule has 0 aliphatic heterocycles. The van der Waals surface area contributed by atoms with E-state index in [1.807, 2.05) is 30.3 Å². The summed E-state index contributed by atoms with van der Waals surface area (Å²) in [5, 5.41) is 11.3. The number of amides is 1. The Morgan fingerprint density at radius 3 is 2.91 bits per heavy atom. The third-order valence-corrected chi connectivity index (χ3v) is 4.82. The Hall–Kier alpha value is -1.60. The highest BCUT2D eigenvalue weighted by Crippen LogP contribution is 2.25. The molecule has 0 radical (unpaired) electrons. The normalized spacial score (nSPS) is 10.4. The number of carbonyl (C=O) groups is 1. The fourth-order valence-electron chi connectivity index (χ4n) is 1.63. The molecule has 2 aromatic rings. The first-order valence-corrected chi connectivity index (χ1v) is 9.02. The molecule has 0 aliphatic rings. The van der Waals surface area contributed by atoms with Gasteiger partial charge >= 0.3 is 0 Å². The highest BCUT2D eigenvalue weighted by molar-refractivity contribution is 8.01. The number of nitrogens with one attached hydrogen (secondary N) is 1. The summed E-state index contributed by atoms with van der Waals surface area (Å²) in [4.78, 5) is 11.8. The van der Waals surface area contributed by atoms with Crippen molar-refractivity contribution in [1.82, 2.24) is 10.2 Å². The topological polar surface area (TPSA) is 64.1 Å². The fourth-order valence-corrected chi connectivity index (χ4v) is 3.32. The van der Waals surface area contributed by atoms with Crippen molar-refractivity contribution in [2.24, 2.45) is 0 Å². The average Bonchev–Trinajstić information content (AvgIpc) is 2.98. The van der Waals surface area contributed by atoms with Gasteiger partial charge in [-0.3, -0.25) is 4.79 Å². The van der Waals surface area contributed by atoms with Gasteiger partial charge in [0.25, 0.3) is 0 Å². The first-order valence-electron chi connectivity index (χ1n) is 7.22. The van der Waals surface area contributed by atoms with Gasteiger partial charge in [0.15, 0.2) is 4.34 Å². The Morgan fingerprint density at radius 1 is 1.32 bits per heavy atom. The largest absolute Gasteiger partial charge is 0.494 e. The minimum absolute atomic E-state index is 0.0557. The monoisotopic (exact) mass is 337 g/mol. The summed E-state index contributed by atoms with van der Waals surface area (Å²) in [6.45, 7) is 2.64. The molecule has 2 rings (SSSR count). The molecule has 0 saturated heterocycles. The second kappa shape index (κ2) is 9.42. The zero-order chi connectivity index (χ0) is 15.6. The van der Waals surface area contributed by atoms with Crippen LogP contribution in [0.25, 0.3) is 0 Å². The van der Waals surface area contributed by atoms with Crippen molar-refractivity contribution < 1.29 is 9.53 Å². The molecular weight excluding hydrogens is 318 g/mol. The minimum Gasteiger partial charge on any atom is -0.494 e. The van der Waals surface area contributed by atoms with Crippen molar-refractivity contribution in [2.45, 2.75) is 30.5 Å². The molecule has 1 N–H and O–H groups in total. The maximum Gasteiger partial charge on any atom is 0.226 e. The molecule has 0 fully saturated rings. The van der Waals surface area contributed by atoms with E-state index in [2.05, 4.69) is 22.4 Å². The van der Waals surface area contributed by atoms with E-state index in [0.717, 1.165) is 22.3 Å². The fraction of sp³-hybridized carbons (Fsp3) is 0.400. The van der Waals surface area contributed by atoms with Crippen LogP contribution in [0.1, 0.15) is 26.2 Å². The second-order valence-corrected chi connectivity index (χ2v) is 6.85. The maximum atomic E-state index is 11.8. The highest BCUT2D eigenvalue weighted by atomic mass is 32.2. The van der Waals surface area contributed by atoms with Gasteiger partial charge in [-0.15, -0.1) is 10.2 Å². The van der Waals surface area contributed by atoms with Gasteiger partial charge in [0.2, 0.25) is 11.0 Å². The van der Waals surface area contributed by atoms with Crippen LogP contribution in [0.4, 0.5) is 5.13 Å². The quantitative estimate of drug-likeness (QED) is 0.428. The number of ether oxygens (including phenoxy) is 1. The lowest BCUT2D eigenvalue weighted by atomic mass is 10.3. The second-order valence-electron chi connectivity index (χ2n) is 4.53. The number of anilines is 1. The zero-order valence-corrected chi connectivity index (χ0v) is 14.1. The van der Waals surface area contributed by atoms with E-state index in [4.69, 9.17) is 4.74 Å². The molecule has 0 aliphatic carbocycles. The number of nitrogens with zero attached hydrogens (tertiary/aromatic N) is 2. The molecule has 1 heterocycles. The Bertz CT molecular complexity index is 575. The van der Waals surface area contributed by atoms with Crippen molar-refractivity contribution in [2.75, 3.05) is 17.7 Å². The van der Waals surface area contributed by atoms with Crippen molar-refractivity contribution >= 4 is 34.1 Å². The SMILES string of the molecule is CCCSc1nnc(NC(=O)CCCOc2ccccc2)s1. The van der Waals surface area contributed by atoms with Crippen LogP contribution in [0, 0.1) is 0 Å². The number of thioether (sulfide) groups is 1. The molecule has 1 aromatic carbocycles. The molecule has 0 spiro atoms. The van der Waals surface area contributed by atoms with E-state index in [9.17, 15) is 4.79 Å². The Balaban J connectivity index is 1.64. The number of hydrogen-bond donors (Lipinski definition) is 1. The molecule has 0 saturated carbocycles. The lowest BCUT2D eigenvalue weighted by Crippen LogP contribution is -2.12. The average molecular weight is 337 g/mol. The van der Waals surface area contributed by atoms with E-state index in [1.165, 1.54) is 11.3 Å². The number of hydrogen-bond acceptors (Lipinski definition) is 6. The van der Waals surface area contributed by atoms with Crippen LogP contribution in [0.5, 0.6) is 5.75 Å².